The maximum atomic E-state index is 15.3. The van der Waals surface area contributed by atoms with Crippen LogP contribution >= 0.6 is 27.3 Å². The smallest absolute Gasteiger partial charge is 0.153 e. The van der Waals surface area contributed by atoms with E-state index in [1.807, 2.05) is 19.1 Å². The normalized spacial score (nSPS) is 12.5. The lowest BCUT2D eigenvalue weighted by Gasteiger charge is -2.15. The Morgan fingerprint density at radius 3 is 2.62 bits per heavy atom. The Labute approximate surface area is 273 Å². The number of hydrogen-bond acceptors (Lipinski definition) is 9. The zero-order valence-corrected chi connectivity index (χ0v) is 28.1. The second-order valence-electron chi connectivity index (χ2n) is 10.7. The molecule has 5 aromatic rings. The monoisotopic (exact) mass is 715 g/mol. The third-order valence-electron chi connectivity index (χ3n) is 7.20. The van der Waals surface area contributed by atoms with Crippen molar-refractivity contribution >= 4 is 59.5 Å². The predicted octanol–water partition coefficient (Wildman–Crippen LogP) is 7.98. The summed E-state index contributed by atoms with van der Waals surface area (Å²) in [5.41, 5.74) is 2.63. The highest BCUT2D eigenvalue weighted by molar-refractivity contribution is 9.10. The lowest BCUT2D eigenvalue weighted by molar-refractivity contribution is 0.303. The first kappa shape index (κ1) is 32.9. The summed E-state index contributed by atoms with van der Waals surface area (Å²) in [4.78, 5) is 13.4. The van der Waals surface area contributed by atoms with Crippen LogP contribution in [0.3, 0.4) is 0 Å². The van der Waals surface area contributed by atoms with Crippen LogP contribution in [0.15, 0.2) is 70.8 Å². The van der Waals surface area contributed by atoms with Gasteiger partial charge in [-0.05, 0) is 78.2 Å². The first-order valence-corrected chi connectivity index (χ1v) is 17.7. The number of sulfone groups is 1. The van der Waals surface area contributed by atoms with E-state index in [-0.39, 0.29) is 24.2 Å². The van der Waals surface area contributed by atoms with Crippen molar-refractivity contribution in [3.8, 4) is 17.0 Å². The minimum absolute atomic E-state index is 0.0374. The Bertz CT molecular complexity index is 1920. The van der Waals surface area contributed by atoms with Crippen LogP contribution in [0.4, 0.5) is 20.3 Å². The van der Waals surface area contributed by atoms with Gasteiger partial charge in [0, 0.05) is 34.6 Å². The lowest BCUT2D eigenvalue weighted by atomic mass is 10.1. The van der Waals surface area contributed by atoms with Crippen LogP contribution in [0.1, 0.15) is 43.8 Å². The van der Waals surface area contributed by atoms with E-state index in [1.165, 1.54) is 35.9 Å². The number of fused-ring (bicyclic) bond motifs is 1. The number of aromatic nitrogens is 3. The van der Waals surface area contributed by atoms with Crippen LogP contribution in [-0.4, -0.2) is 40.9 Å². The molecule has 2 heterocycles. The molecule has 0 spiro atoms. The van der Waals surface area contributed by atoms with E-state index in [1.54, 1.807) is 43.5 Å². The summed E-state index contributed by atoms with van der Waals surface area (Å²) in [6.45, 7) is 5.85. The van der Waals surface area contributed by atoms with Gasteiger partial charge in [-0.25, -0.2) is 32.2 Å². The summed E-state index contributed by atoms with van der Waals surface area (Å²) in [5, 5.41) is 9.29. The Morgan fingerprint density at radius 2 is 1.89 bits per heavy atom. The lowest BCUT2D eigenvalue weighted by Crippen LogP contribution is -2.29. The highest BCUT2D eigenvalue weighted by Gasteiger charge is 2.20. The van der Waals surface area contributed by atoms with E-state index in [0.29, 0.717) is 62.4 Å². The largest absolute Gasteiger partial charge is 0.488 e. The average Bonchev–Trinajstić information content (AvgIpc) is 3.48. The Morgan fingerprint density at radius 1 is 1.07 bits per heavy atom. The van der Waals surface area contributed by atoms with Gasteiger partial charge in [-0.3, -0.25) is 0 Å². The van der Waals surface area contributed by atoms with Crippen molar-refractivity contribution in [1.29, 1.82) is 0 Å². The molecule has 0 aliphatic rings. The molecule has 2 N–H and O–H groups in total. The number of nitrogens with zero attached hydrogens (tertiary/aromatic N) is 3. The van der Waals surface area contributed by atoms with E-state index < -0.39 is 20.9 Å². The van der Waals surface area contributed by atoms with Gasteiger partial charge in [0.1, 0.15) is 41.1 Å². The summed E-state index contributed by atoms with van der Waals surface area (Å²) >= 11 is 4.93. The summed E-state index contributed by atoms with van der Waals surface area (Å²) in [6.07, 6.45) is 2.06. The minimum Gasteiger partial charge on any atom is -0.488 e. The highest BCUT2D eigenvalue weighted by atomic mass is 79.9. The van der Waals surface area contributed by atoms with Gasteiger partial charge in [0.25, 0.3) is 0 Å². The van der Waals surface area contributed by atoms with Crippen molar-refractivity contribution in [3.05, 3.63) is 93.0 Å². The average molecular weight is 717 g/mol. The van der Waals surface area contributed by atoms with E-state index in [2.05, 4.69) is 36.5 Å². The Kier molecular flexibility index (Phi) is 10.4. The second kappa shape index (κ2) is 14.3. The summed E-state index contributed by atoms with van der Waals surface area (Å²) in [6, 6.07) is 14.6. The minimum atomic E-state index is -3.16. The highest BCUT2D eigenvalue weighted by Crippen LogP contribution is 2.35. The summed E-state index contributed by atoms with van der Waals surface area (Å²) < 4.78 is 59.8. The number of hydrogen-bond donors (Lipinski definition) is 2. The first-order chi connectivity index (χ1) is 21.5. The maximum absolute atomic E-state index is 15.3. The topological polar surface area (TPSA) is 106 Å². The number of rotatable bonds is 13. The van der Waals surface area contributed by atoms with Crippen molar-refractivity contribution in [2.75, 3.05) is 17.6 Å². The van der Waals surface area contributed by atoms with Gasteiger partial charge in [-0.2, -0.15) is 0 Å². The standard InChI is InChI=1S/C32H32BrF2N5O3S2/c1-4-27(36-10-11-45(41,42)19(2)3)32-40-29(17-44-32)23-14-24-28(15-26(23)35)37-18-38-31(24)39-22-8-9-30(25(33)13-22)43-16-20-6-5-7-21(34)12-20/h5-9,12-15,17-19,27,36H,4,10-11,16H2,1-3H3,(H,37,38,39). The van der Waals surface area contributed by atoms with Crippen LogP contribution in [0.25, 0.3) is 22.2 Å². The van der Waals surface area contributed by atoms with E-state index in [0.717, 1.165) is 5.01 Å². The van der Waals surface area contributed by atoms with Crippen molar-refractivity contribution in [3.63, 3.8) is 0 Å². The molecule has 0 saturated heterocycles. The summed E-state index contributed by atoms with van der Waals surface area (Å²) in [7, 11) is -3.16. The van der Waals surface area contributed by atoms with Gasteiger partial charge in [0.05, 0.1) is 32.7 Å². The molecule has 2 aromatic heterocycles. The molecule has 5 rings (SSSR count). The van der Waals surface area contributed by atoms with E-state index in [9.17, 15) is 12.8 Å². The van der Waals surface area contributed by atoms with Crippen LogP contribution < -0.4 is 15.4 Å². The van der Waals surface area contributed by atoms with Crippen molar-refractivity contribution in [2.24, 2.45) is 0 Å². The molecule has 13 heteroatoms. The number of halogens is 3. The predicted molar refractivity (Wildman–Crippen MR) is 179 cm³/mol. The molecule has 0 aliphatic heterocycles. The fourth-order valence-electron chi connectivity index (χ4n) is 4.58. The zero-order valence-electron chi connectivity index (χ0n) is 24.9. The molecule has 0 saturated carbocycles. The zero-order chi connectivity index (χ0) is 32.1. The molecule has 0 bridgehead atoms. The van der Waals surface area contributed by atoms with E-state index >= 15 is 4.39 Å². The van der Waals surface area contributed by atoms with Crippen LogP contribution in [-0.2, 0) is 16.4 Å². The molecule has 45 heavy (non-hydrogen) atoms. The van der Waals surface area contributed by atoms with Crippen molar-refractivity contribution in [1.82, 2.24) is 20.3 Å². The van der Waals surface area contributed by atoms with Gasteiger partial charge in [-0.1, -0.05) is 19.1 Å². The number of ether oxygens (including phenoxy) is 1. The van der Waals surface area contributed by atoms with Gasteiger partial charge in [0.15, 0.2) is 9.84 Å². The molecule has 0 aliphatic carbocycles. The Hall–Kier alpha value is -3.52. The summed E-state index contributed by atoms with van der Waals surface area (Å²) in [5.74, 6) is 0.323. The quantitative estimate of drug-likeness (QED) is 0.126. The van der Waals surface area contributed by atoms with Gasteiger partial charge < -0.3 is 15.4 Å². The maximum Gasteiger partial charge on any atom is 0.153 e. The molecule has 0 radical (unpaired) electrons. The van der Waals surface area contributed by atoms with E-state index in [4.69, 9.17) is 9.72 Å². The molecule has 0 amide bonds. The Balaban J connectivity index is 1.34. The number of nitrogens with one attached hydrogen (secondary N) is 2. The van der Waals surface area contributed by atoms with Crippen LogP contribution in [0, 0.1) is 11.6 Å². The molecular weight excluding hydrogens is 684 g/mol. The third kappa shape index (κ3) is 8.01. The molecule has 8 nitrogen and oxygen atoms in total. The molecule has 0 fully saturated rings. The van der Waals surface area contributed by atoms with Gasteiger partial charge in [-0.15, -0.1) is 11.3 Å². The fraction of sp³-hybridized carbons (Fsp3) is 0.281. The third-order valence-corrected chi connectivity index (χ3v) is 11.0. The molecule has 3 aromatic carbocycles. The van der Waals surface area contributed by atoms with Crippen LogP contribution in [0.2, 0.25) is 0 Å². The fourth-order valence-corrected chi connectivity index (χ4v) is 6.93. The number of anilines is 2. The molecular formula is C32H32BrF2N5O3S2. The molecule has 1 unspecified atom stereocenters. The molecule has 1 atom stereocenters. The van der Waals surface area contributed by atoms with Crippen LogP contribution in [0.5, 0.6) is 5.75 Å². The van der Waals surface area contributed by atoms with Crippen molar-refractivity contribution < 1.29 is 21.9 Å². The SMILES string of the molecule is CCC(NCCS(=O)(=O)C(C)C)c1nc(-c2cc3c(Nc4ccc(OCc5cccc(F)c5)c(Br)c4)ncnc3cc2F)cs1. The molecule has 236 valence electrons. The number of benzene rings is 3. The van der Waals surface area contributed by atoms with Gasteiger partial charge in [0.2, 0.25) is 0 Å². The first-order valence-electron chi connectivity index (χ1n) is 14.3. The number of thiazole rings is 1. The van der Waals surface area contributed by atoms with Gasteiger partial charge >= 0.3 is 0 Å². The second-order valence-corrected chi connectivity index (χ2v) is 15.1. The van der Waals surface area contributed by atoms with Crippen molar-refractivity contribution in [2.45, 2.75) is 45.1 Å².